The van der Waals surface area contributed by atoms with Gasteiger partial charge >= 0.3 is 12.1 Å². The molecule has 4 aromatic rings. The molecule has 0 saturated heterocycles. The van der Waals surface area contributed by atoms with E-state index < -0.39 is 23.5 Å². The topological polar surface area (TPSA) is 39.4 Å². The van der Waals surface area contributed by atoms with Crippen LogP contribution in [0.5, 0.6) is 0 Å². The number of carbonyl (C=O) groups is 1. The zero-order valence-electron chi connectivity index (χ0n) is 16.0. The van der Waals surface area contributed by atoms with E-state index in [1.807, 2.05) is 42.5 Å². The molecule has 1 aromatic heterocycles. The van der Waals surface area contributed by atoms with Gasteiger partial charge in [-0.1, -0.05) is 72.8 Å². The Balaban J connectivity index is 1.97. The normalized spacial score (nSPS) is 11.6. The summed E-state index contributed by atoms with van der Waals surface area (Å²) >= 11 is 0. The Morgan fingerprint density at radius 2 is 1.60 bits per heavy atom. The molecule has 0 spiro atoms. The summed E-state index contributed by atoms with van der Waals surface area (Å²) in [6.45, 7) is 0. The Hall–Kier alpha value is -3.54. The van der Waals surface area contributed by atoms with Crippen molar-refractivity contribution in [3.05, 3.63) is 95.4 Å². The fourth-order valence-electron chi connectivity index (χ4n) is 3.63. The minimum atomic E-state index is -4.84. The van der Waals surface area contributed by atoms with Gasteiger partial charge in [0.2, 0.25) is 5.76 Å². The van der Waals surface area contributed by atoms with E-state index in [1.54, 1.807) is 30.3 Å². The Labute approximate surface area is 170 Å². The Morgan fingerprint density at radius 1 is 0.933 bits per heavy atom. The van der Waals surface area contributed by atoms with E-state index in [1.165, 1.54) is 0 Å². The molecular weight excluding hydrogens is 393 g/mol. The predicted molar refractivity (Wildman–Crippen MR) is 107 cm³/mol. The van der Waals surface area contributed by atoms with Crippen LogP contribution in [-0.2, 0) is 17.3 Å². The summed E-state index contributed by atoms with van der Waals surface area (Å²) in [6.07, 6.45) is -4.75. The monoisotopic (exact) mass is 410 g/mol. The van der Waals surface area contributed by atoms with E-state index >= 15 is 0 Å². The molecule has 0 aliphatic heterocycles. The molecule has 4 rings (SSSR count). The lowest BCUT2D eigenvalue weighted by atomic mass is 9.95. The first-order valence-electron chi connectivity index (χ1n) is 9.23. The standard InChI is InChI=1S/C24H17F3O3/c1-29-23(28)21-20(16-9-3-2-4-10-16)19(30-22(21)24(25,26)27)14-17-12-7-11-15-8-5-6-13-18(15)17/h2-13H,14H2,1H3. The highest BCUT2D eigenvalue weighted by Gasteiger charge is 2.43. The van der Waals surface area contributed by atoms with Gasteiger partial charge in [-0.25, -0.2) is 4.79 Å². The average molecular weight is 410 g/mol. The number of hydrogen-bond donors (Lipinski definition) is 0. The van der Waals surface area contributed by atoms with Crippen LogP contribution in [0, 0.1) is 0 Å². The van der Waals surface area contributed by atoms with Gasteiger partial charge in [-0.05, 0) is 21.9 Å². The number of ether oxygens (including phenoxy) is 1. The first-order valence-corrected chi connectivity index (χ1v) is 9.23. The molecule has 1 heterocycles. The van der Waals surface area contributed by atoms with Gasteiger partial charge in [-0.15, -0.1) is 0 Å². The molecule has 6 heteroatoms. The van der Waals surface area contributed by atoms with Crippen LogP contribution in [0.15, 0.2) is 77.2 Å². The molecule has 0 aliphatic rings. The summed E-state index contributed by atoms with van der Waals surface area (Å²) in [7, 11) is 1.05. The number of benzene rings is 3. The SMILES string of the molecule is COC(=O)c1c(C(F)(F)F)oc(Cc2cccc3ccccc23)c1-c1ccccc1. The third kappa shape index (κ3) is 3.56. The second kappa shape index (κ2) is 7.71. The molecule has 0 saturated carbocycles. The van der Waals surface area contributed by atoms with Crippen molar-refractivity contribution >= 4 is 16.7 Å². The largest absolute Gasteiger partial charge is 0.465 e. The summed E-state index contributed by atoms with van der Waals surface area (Å²) in [5.74, 6) is -2.37. The van der Waals surface area contributed by atoms with Crippen LogP contribution < -0.4 is 0 Å². The third-order valence-corrected chi connectivity index (χ3v) is 4.92. The minimum Gasteiger partial charge on any atom is -0.465 e. The number of fused-ring (bicyclic) bond motifs is 1. The molecule has 0 unspecified atom stereocenters. The Morgan fingerprint density at radius 3 is 2.30 bits per heavy atom. The van der Waals surface area contributed by atoms with Crippen molar-refractivity contribution in [3.8, 4) is 11.1 Å². The Bertz CT molecular complexity index is 1200. The van der Waals surface area contributed by atoms with Crippen molar-refractivity contribution in [2.45, 2.75) is 12.6 Å². The maximum atomic E-state index is 13.7. The highest BCUT2D eigenvalue weighted by molar-refractivity contribution is 5.99. The van der Waals surface area contributed by atoms with Gasteiger partial charge < -0.3 is 9.15 Å². The van der Waals surface area contributed by atoms with Crippen LogP contribution in [-0.4, -0.2) is 13.1 Å². The Kier molecular flexibility index (Phi) is 5.08. The molecule has 0 bridgehead atoms. The summed E-state index contributed by atoms with van der Waals surface area (Å²) in [6, 6.07) is 21.6. The van der Waals surface area contributed by atoms with Crippen molar-refractivity contribution in [2.24, 2.45) is 0 Å². The van der Waals surface area contributed by atoms with Gasteiger partial charge in [0.15, 0.2) is 0 Å². The highest BCUT2D eigenvalue weighted by atomic mass is 19.4. The van der Waals surface area contributed by atoms with Gasteiger partial charge in [0.05, 0.1) is 7.11 Å². The fraction of sp³-hybridized carbons (Fsp3) is 0.125. The molecular formula is C24H17F3O3. The van der Waals surface area contributed by atoms with E-state index in [-0.39, 0.29) is 17.7 Å². The van der Waals surface area contributed by atoms with E-state index in [4.69, 9.17) is 4.42 Å². The van der Waals surface area contributed by atoms with Crippen molar-refractivity contribution < 1.29 is 27.1 Å². The smallest absolute Gasteiger partial charge is 0.450 e. The first kappa shape index (κ1) is 19.8. The number of hydrogen-bond acceptors (Lipinski definition) is 3. The fourth-order valence-corrected chi connectivity index (χ4v) is 3.63. The quantitative estimate of drug-likeness (QED) is 0.361. The number of methoxy groups -OCH3 is 1. The van der Waals surface area contributed by atoms with Crippen molar-refractivity contribution in [3.63, 3.8) is 0 Å². The van der Waals surface area contributed by atoms with Gasteiger partial charge in [0.25, 0.3) is 0 Å². The van der Waals surface area contributed by atoms with Crippen LogP contribution in [0.4, 0.5) is 13.2 Å². The number of furan rings is 1. The number of rotatable bonds is 4. The van der Waals surface area contributed by atoms with Crippen LogP contribution in [0.1, 0.15) is 27.4 Å². The van der Waals surface area contributed by atoms with Crippen LogP contribution in [0.25, 0.3) is 21.9 Å². The minimum absolute atomic E-state index is 0.0604. The molecule has 0 atom stereocenters. The van der Waals surface area contributed by atoms with Gasteiger partial charge in [-0.3, -0.25) is 0 Å². The molecule has 3 aromatic carbocycles. The van der Waals surface area contributed by atoms with Gasteiger partial charge in [-0.2, -0.15) is 13.2 Å². The molecule has 0 aliphatic carbocycles. The van der Waals surface area contributed by atoms with Gasteiger partial charge in [0.1, 0.15) is 11.3 Å². The molecule has 3 nitrogen and oxygen atoms in total. The second-order valence-electron chi connectivity index (χ2n) is 6.77. The van der Waals surface area contributed by atoms with Crippen molar-refractivity contribution in [1.82, 2.24) is 0 Å². The third-order valence-electron chi connectivity index (χ3n) is 4.92. The van der Waals surface area contributed by atoms with E-state index in [0.29, 0.717) is 5.56 Å². The van der Waals surface area contributed by atoms with Crippen LogP contribution in [0.3, 0.4) is 0 Å². The van der Waals surface area contributed by atoms with E-state index in [2.05, 4.69) is 4.74 Å². The summed E-state index contributed by atoms with van der Waals surface area (Å²) in [4.78, 5) is 12.4. The molecule has 152 valence electrons. The van der Waals surface area contributed by atoms with Crippen molar-refractivity contribution in [2.75, 3.05) is 7.11 Å². The first-order chi connectivity index (χ1) is 14.4. The number of carbonyl (C=O) groups excluding carboxylic acids is 1. The summed E-state index contributed by atoms with van der Waals surface area (Å²) in [5.41, 5.74) is 0.741. The van der Waals surface area contributed by atoms with E-state index in [9.17, 15) is 18.0 Å². The molecule has 0 fully saturated rings. The summed E-state index contributed by atoms with van der Waals surface area (Å²) < 4.78 is 51.2. The number of alkyl halides is 3. The number of esters is 1. The molecule has 0 amide bonds. The second-order valence-corrected chi connectivity index (χ2v) is 6.77. The predicted octanol–water partition coefficient (Wildman–Crippen LogP) is 6.50. The molecule has 0 N–H and O–H groups in total. The average Bonchev–Trinajstić information content (AvgIpc) is 3.14. The van der Waals surface area contributed by atoms with Crippen LogP contribution >= 0.6 is 0 Å². The maximum Gasteiger partial charge on any atom is 0.450 e. The lowest BCUT2D eigenvalue weighted by molar-refractivity contribution is -0.153. The molecule has 30 heavy (non-hydrogen) atoms. The zero-order valence-corrected chi connectivity index (χ0v) is 16.0. The zero-order chi connectivity index (χ0) is 21.3. The van der Waals surface area contributed by atoms with Gasteiger partial charge in [0, 0.05) is 12.0 Å². The lowest BCUT2D eigenvalue weighted by Gasteiger charge is -2.08. The lowest BCUT2D eigenvalue weighted by Crippen LogP contribution is -2.12. The van der Waals surface area contributed by atoms with E-state index in [0.717, 1.165) is 23.4 Å². The molecule has 0 radical (unpaired) electrons. The van der Waals surface area contributed by atoms with Crippen LogP contribution in [0.2, 0.25) is 0 Å². The number of halogens is 3. The maximum absolute atomic E-state index is 13.7. The highest BCUT2D eigenvalue weighted by Crippen LogP contribution is 2.42. The summed E-state index contributed by atoms with van der Waals surface area (Å²) in [5, 5.41) is 1.87. The van der Waals surface area contributed by atoms with Crippen molar-refractivity contribution in [1.29, 1.82) is 0 Å².